The average molecular weight is 743 g/mol. The Hall–Kier alpha value is -6.90. The molecule has 15 heteroatoms. The third-order valence-electron chi connectivity index (χ3n) is 9.30. The van der Waals surface area contributed by atoms with E-state index in [1.54, 1.807) is 12.1 Å². The molecule has 1 aliphatic heterocycles. The van der Waals surface area contributed by atoms with Crippen LogP contribution in [0.5, 0.6) is 34.5 Å². The highest BCUT2D eigenvalue weighted by Crippen LogP contribution is 2.63. The van der Waals surface area contributed by atoms with Gasteiger partial charge in [0.15, 0.2) is 0 Å². The van der Waals surface area contributed by atoms with Crippen LogP contribution in [0, 0.1) is 20.2 Å². The molecule has 0 atom stereocenters. The van der Waals surface area contributed by atoms with E-state index >= 15 is 0 Å². The van der Waals surface area contributed by atoms with Crippen molar-refractivity contribution in [3.63, 3.8) is 0 Å². The van der Waals surface area contributed by atoms with Crippen LogP contribution in [0.1, 0.15) is 33.4 Å². The molecule has 9 nitrogen and oxygen atoms in total. The van der Waals surface area contributed by atoms with Crippen LogP contribution in [0.3, 0.4) is 0 Å². The Balaban J connectivity index is 1.29. The van der Waals surface area contributed by atoms with E-state index < -0.39 is 61.6 Å². The number of ether oxygens (including phenoxy) is 3. The van der Waals surface area contributed by atoms with Crippen LogP contribution in [0.25, 0.3) is 11.1 Å². The molecule has 6 aromatic rings. The zero-order chi connectivity index (χ0) is 38.2. The number of fused-ring (bicyclic) bond motifs is 9. The van der Waals surface area contributed by atoms with Crippen LogP contribution in [0.2, 0.25) is 0 Å². The van der Waals surface area contributed by atoms with Crippen molar-refractivity contribution in [2.45, 2.75) is 17.8 Å². The number of halogens is 6. The number of nitro groups is 2. The number of hydrogen-bond donors (Lipinski definition) is 0. The van der Waals surface area contributed by atoms with Gasteiger partial charge in [-0.15, -0.1) is 0 Å². The molecule has 0 bridgehead atoms. The minimum Gasteiger partial charge on any atom is -0.457 e. The lowest BCUT2D eigenvalue weighted by Gasteiger charge is -2.39. The molecule has 1 heterocycles. The van der Waals surface area contributed by atoms with Gasteiger partial charge in [-0.3, -0.25) is 20.2 Å². The number of rotatable bonds is 6. The largest absolute Gasteiger partial charge is 0.457 e. The first-order valence-corrected chi connectivity index (χ1v) is 15.9. The van der Waals surface area contributed by atoms with Gasteiger partial charge in [-0.1, -0.05) is 60.7 Å². The normalized spacial score (nSPS) is 13.6. The van der Waals surface area contributed by atoms with Crippen LogP contribution < -0.4 is 14.2 Å². The number of benzene rings is 6. The van der Waals surface area contributed by atoms with E-state index in [1.165, 1.54) is 24.3 Å². The molecule has 0 fully saturated rings. The molecule has 0 amide bonds. The third kappa shape index (κ3) is 5.43. The first-order chi connectivity index (χ1) is 25.7. The first-order valence-electron chi connectivity index (χ1n) is 15.9. The smallest absolute Gasteiger partial charge is 0.420 e. The molecule has 54 heavy (non-hydrogen) atoms. The van der Waals surface area contributed by atoms with Gasteiger partial charge < -0.3 is 14.2 Å². The molecular formula is C39H20F6N2O7. The summed E-state index contributed by atoms with van der Waals surface area (Å²) in [7, 11) is 0. The van der Waals surface area contributed by atoms with Gasteiger partial charge >= 0.3 is 12.4 Å². The monoisotopic (exact) mass is 742 g/mol. The van der Waals surface area contributed by atoms with E-state index in [2.05, 4.69) is 0 Å². The quantitative estimate of drug-likeness (QED) is 0.0946. The lowest BCUT2D eigenvalue weighted by atomic mass is 9.66. The van der Waals surface area contributed by atoms with Crippen molar-refractivity contribution in [2.75, 3.05) is 0 Å². The molecule has 2 aliphatic rings. The van der Waals surface area contributed by atoms with Gasteiger partial charge in [0.25, 0.3) is 11.4 Å². The molecule has 0 radical (unpaired) electrons. The molecule has 0 N–H and O–H groups in total. The molecule has 8 rings (SSSR count). The van der Waals surface area contributed by atoms with Crippen LogP contribution in [-0.4, -0.2) is 9.85 Å². The zero-order valence-corrected chi connectivity index (χ0v) is 27.1. The van der Waals surface area contributed by atoms with Crippen LogP contribution in [-0.2, 0) is 17.8 Å². The molecule has 0 aromatic heterocycles. The van der Waals surface area contributed by atoms with Crippen molar-refractivity contribution >= 4 is 11.4 Å². The molecular weight excluding hydrogens is 722 g/mol. The van der Waals surface area contributed by atoms with Crippen molar-refractivity contribution in [1.82, 2.24) is 0 Å². The number of hydrogen-bond acceptors (Lipinski definition) is 7. The zero-order valence-electron chi connectivity index (χ0n) is 27.1. The summed E-state index contributed by atoms with van der Waals surface area (Å²) in [6.45, 7) is 0. The minimum absolute atomic E-state index is 0.112. The molecule has 1 aliphatic carbocycles. The highest BCUT2D eigenvalue weighted by Gasteiger charge is 2.51. The van der Waals surface area contributed by atoms with Gasteiger partial charge in [-0.25, -0.2) is 0 Å². The Kier molecular flexibility index (Phi) is 7.65. The van der Waals surface area contributed by atoms with E-state index in [-0.39, 0.29) is 23.0 Å². The highest BCUT2D eigenvalue weighted by molar-refractivity contribution is 5.88. The molecule has 1 spiro atoms. The van der Waals surface area contributed by atoms with E-state index in [9.17, 15) is 46.6 Å². The summed E-state index contributed by atoms with van der Waals surface area (Å²) in [5, 5.41) is 22.5. The van der Waals surface area contributed by atoms with Crippen LogP contribution >= 0.6 is 0 Å². The summed E-state index contributed by atoms with van der Waals surface area (Å²) in [4.78, 5) is 20.6. The summed E-state index contributed by atoms with van der Waals surface area (Å²) in [5.74, 6) is -1.36. The maximum atomic E-state index is 14.0. The van der Waals surface area contributed by atoms with Gasteiger partial charge in [0.2, 0.25) is 0 Å². The molecule has 270 valence electrons. The van der Waals surface area contributed by atoms with Gasteiger partial charge in [0.05, 0.1) is 15.3 Å². The van der Waals surface area contributed by atoms with Gasteiger partial charge in [0.1, 0.15) is 45.6 Å². The number of nitro benzene ring substituents is 2. The van der Waals surface area contributed by atoms with Gasteiger partial charge in [-0.05, 0) is 46.5 Å². The Morgan fingerprint density at radius 2 is 0.926 bits per heavy atom. The summed E-state index contributed by atoms with van der Waals surface area (Å²) < 4.78 is 102. The molecule has 0 saturated carbocycles. The van der Waals surface area contributed by atoms with E-state index in [0.29, 0.717) is 23.3 Å². The van der Waals surface area contributed by atoms with E-state index in [4.69, 9.17) is 14.2 Å². The maximum Gasteiger partial charge on any atom is 0.420 e. The summed E-state index contributed by atoms with van der Waals surface area (Å²) in [6, 6.07) is 28.2. The first kappa shape index (κ1) is 34.2. The second-order valence-corrected chi connectivity index (χ2v) is 12.3. The van der Waals surface area contributed by atoms with Crippen molar-refractivity contribution < 1.29 is 50.4 Å². The molecule has 0 unspecified atom stereocenters. The highest BCUT2D eigenvalue weighted by atomic mass is 19.4. The Labute approximate surface area is 299 Å². The summed E-state index contributed by atoms with van der Waals surface area (Å²) >= 11 is 0. The number of non-ortho nitro benzene ring substituents is 2. The number of alkyl halides is 6. The fourth-order valence-electron chi connectivity index (χ4n) is 7.14. The summed E-state index contributed by atoms with van der Waals surface area (Å²) in [5.41, 5.74) is -0.850. The SMILES string of the molecule is O=[N+]([O-])c1ccc(Oc2ccc3c(c2)Oc2cc(Oc4ccc([N+](=O)[O-])cc4C(F)(F)F)ccc2C32c3ccccc3-c3ccccc32)c(C(F)(F)F)c1. The standard InChI is InChI=1S/C39H20F6N2O7/c40-38(41,42)31-17-21(46(48)49)9-15-33(31)52-23-11-13-29-35(19-23)54-36-20-24(53-34-16-10-22(47(50)51)18-32(34)39(43,44)45)12-14-30(36)37(29)27-7-3-1-5-25(27)26-6-2-4-8-28(26)37/h1-20H. The van der Waals surface area contributed by atoms with E-state index in [0.717, 1.165) is 46.5 Å². The summed E-state index contributed by atoms with van der Waals surface area (Å²) in [6.07, 6.45) is -10.0. The molecule has 0 saturated heterocycles. The lowest BCUT2D eigenvalue weighted by Crippen LogP contribution is -2.32. The average Bonchev–Trinajstić information content (AvgIpc) is 3.41. The van der Waals surface area contributed by atoms with Gasteiger partial charge in [0, 0.05) is 47.5 Å². The van der Waals surface area contributed by atoms with Crippen LogP contribution in [0.4, 0.5) is 37.7 Å². The van der Waals surface area contributed by atoms with Gasteiger partial charge in [-0.2, -0.15) is 26.3 Å². The topological polar surface area (TPSA) is 114 Å². The van der Waals surface area contributed by atoms with Crippen molar-refractivity contribution in [1.29, 1.82) is 0 Å². The minimum atomic E-state index is -5.00. The molecule has 6 aromatic carbocycles. The van der Waals surface area contributed by atoms with Crippen molar-refractivity contribution in [3.05, 3.63) is 175 Å². The van der Waals surface area contributed by atoms with Crippen LogP contribution in [0.15, 0.2) is 121 Å². The van der Waals surface area contributed by atoms with Crippen molar-refractivity contribution in [2.24, 2.45) is 0 Å². The Bertz CT molecular complexity index is 2380. The second-order valence-electron chi connectivity index (χ2n) is 12.3. The second kappa shape index (κ2) is 12.1. The van der Waals surface area contributed by atoms with E-state index in [1.807, 2.05) is 48.5 Å². The third-order valence-corrected chi connectivity index (χ3v) is 9.30. The predicted molar refractivity (Wildman–Crippen MR) is 180 cm³/mol. The lowest BCUT2D eigenvalue weighted by molar-refractivity contribution is -0.385. The fraction of sp³-hybridized carbons (Fsp3) is 0.0769. The fourth-order valence-corrected chi connectivity index (χ4v) is 7.14. The predicted octanol–water partition coefficient (Wildman–Crippen LogP) is 11.6. The Morgan fingerprint density at radius 3 is 1.31 bits per heavy atom. The van der Waals surface area contributed by atoms with Crippen molar-refractivity contribution in [3.8, 4) is 45.6 Å². The number of nitrogens with zero attached hydrogens (tertiary/aromatic N) is 2. The Morgan fingerprint density at radius 1 is 0.519 bits per heavy atom. The maximum absolute atomic E-state index is 14.0.